The molecule has 0 aliphatic carbocycles. The minimum atomic E-state index is -3.79. The number of carboxylic acid groups (broad SMARTS) is 1. The van der Waals surface area contributed by atoms with Gasteiger partial charge in [-0.3, -0.25) is 4.79 Å². The smallest absolute Gasteiger partial charge is 0.307 e. The summed E-state index contributed by atoms with van der Waals surface area (Å²) in [5.74, 6) is -2.26. The van der Waals surface area contributed by atoms with Gasteiger partial charge in [0.25, 0.3) is 0 Å². The van der Waals surface area contributed by atoms with E-state index in [1.165, 1.54) is 12.1 Å². The van der Waals surface area contributed by atoms with E-state index in [1.54, 1.807) is 18.2 Å². The first-order chi connectivity index (χ1) is 11.5. The van der Waals surface area contributed by atoms with Gasteiger partial charge in [-0.05, 0) is 24.5 Å². The molecule has 0 heterocycles. The van der Waals surface area contributed by atoms with Crippen LogP contribution in [0.1, 0.15) is 20.3 Å². The van der Waals surface area contributed by atoms with Crippen LogP contribution in [0.3, 0.4) is 0 Å². The first-order valence-electron chi connectivity index (χ1n) is 7.78. The Bertz CT molecular complexity index is 760. The van der Waals surface area contributed by atoms with E-state index in [2.05, 4.69) is 9.44 Å². The Labute approximate surface area is 148 Å². The molecule has 0 aliphatic heterocycles. The Kier molecular flexibility index (Phi) is 8.00. The summed E-state index contributed by atoms with van der Waals surface area (Å²) in [6.45, 7) is 3.17. The maximum atomic E-state index is 12.0. The third-order valence-corrected chi connectivity index (χ3v) is 6.20. The van der Waals surface area contributed by atoms with E-state index in [-0.39, 0.29) is 23.9 Å². The average Bonchev–Trinajstić information content (AvgIpc) is 2.51. The Hall–Kier alpha value is -1.49. The summed E-state index contributed by atoms with van der Waals surface area (Å²) >= 11 is 0. The lowest BCUT2D eigenvalue weighted by atomic mass is 9.98. The van der Waals surface area contributed by atoms with Crippen molar-refractivity contribution in [1.29, 1.82) is 0 Å². The molecule has 142 valence electrons. The van der Waals surface area contributed by atoms with Crippen molar-refractivity contribution >= 4 is 26.0 Å². The number of carbonyl (C=O) groups is 1. The molecule has 0 amide bonds. The second kappa shape index (κ2) is 9.27. The molecule has 1 aromatic rings. The topological polar surface area (TPSA) is 130 Å². The minimum Gasteiger partial charge on any atom is -0.481 e. The fourth-order valence-electron chi connectivity index (χ4n) is 2.13. The zero-order valence-corrected chi connectivity index (χ0v) is 15.8. The normalized spacial score (nSPS) is 13.7. The Morgan fingerprint density at radius 2 is 1.68 bits per heavy atom. The number of hydrogen-bond acceptors (Lipinski definition) is 5. The first kappa shape index (κ1) is 21.6. The van der Waals surface area contributed by atoms with Crippen LogP contribution >= 0.6 is 0 Å². The monoisotopic (exact) mass is 392 g/mol. The molecule has 8 nitrogen and oxygen atoms in total. The van der Waals surface area contributed by atoms with E-state index < -0.39 is 37.7 Å². The van der Waals surface area contributed by atoms with Crippen LogP contribution in [0.25, 0.3) is 0 Å². The SMILES string of the molecule is CC(C)CC(CNS(=O)(=O)CCNS(=O)(=O)c1ccccc1)C(=O)O. The van der Waals surface area contributed by atoms with Gasteiger partial charge in [-0.15, -0.1) is 0 Å². The van der Waals surface area contributed by atoms with Crippen molar-refractivity contribution in [2.45, 2.75) is 25.2 Å². The molecule has 0 aliphatic rings. The zero-order chi connectivity index (χ0) is 19.1. The lowest BCUT2D eigenvalue weighted by molar-refractivity contribution is -0.142. The highest BCUT2D eigenvalue weighted by Crippen LogP contribution is 2.11. The van der Waals surface area contributed by atoms with Crippen molar-refractivity contribution in [3.05, 3.63) is 30.3 Å². The molecule has 0 spiro atoms. The quantitative estimate of drug-likeness (QED) is 0.506. The number of sulfonamides is 2. The van der Waals surface area contributed by atoms with Crippen LogP contribution in [0.4, 0.5) is 0 Å². The fraction of sp³-hybridized carbons (Fsp3) is 0.533. The summed E-state index contributed by atoms with van der Waals surface area (Å²) in [7, 11) is -7.57. The third kappa shape index (κ3) is 7.95. The van der Waals surface area contributed by atoms with Crippen LogP contribution in [0, 0.1) is 11.8 Å². The van der Waals surface area contributed by atoms with Gasteiger partial charge in [-0.2, -0.15) is 0 Å². The van der Waals surface area contributed by atoms with Crippen LogP contribution in [-0.2, 0) is 24.8 Å². The second-order valence-electron chi connectivity index (χ2n) is 6.04. The zero-order valence-electron chi connectivity index (χ0n) is 14.2. The van der Waals surface area contributed by atoms with Gasteiger partial charge in [0.1, 0.15) is 0 Å². The van der Waals surface area contributed by atoms with Crippen molar-refractivity contribution in [3.8, 4) is 0 Å². The number of hydrogen-bond donors (Lipinski definition) is 3. The van der Waals surface area contributed by atoms with E-state index in [9.17, 15) is 21.6 Å². The molecule has 0 radical (unpaired) electrons. The molecule has 1 atom stereocenters. The number of carboxylic acids is 1. The van der Waals surface area contributed by atoms with Gasteiger partial charge in [-0.25, -0.2) is 26.3 Å². The third-order valence-electron chi connectivity index (χ3n) is 3.37. The van der Waals surface area contributed by atoms with Crippen LogP contribution in [-0.4, -0.2) is 46.8 Å². The summed E-state index contributed by atoms with van der Waals surface area (Å²) in [5.41, 5.74) is 0. The number of benzene rings is 1. The molecule has 0 saturated carbocycles. The Morgan fingerprint density at radius 3 is 2.20 bits per heavy atom. The molecule has 1 unspecified atom stereocenters. The predicted octanol–water partition coefficient (Wildman–Crippen LogP) is 0.631. The molecule has 1 aromatic carbocycles. The van der Waals surface area contributed by atoms with Crippen molar-refractivity contribution < 1.29 is 26.7 Å². The molecule has 0 bridgehead atoms. The predicted molar refractivity (Wildman–Crippen MR) is 94.0 cm³/mol. The van der Waals surface area contributed by atoms with Crippen LogP contribution in [0.2, 0.25) is 0 Å². The van der Waals surface area contributed by atoms with Gasteiger partial charge in [0.15, 0.2) is 0 Å². The van der Waals surface area contributed by atoms with Crippen molar-refractivity contribution in [2.24, 2.45) is 11.8 Å². The summed E-state index contributed by atoms with van der Waals surface area (Å²) < 4.78 is 52.3. The summed E-state index contributed by atoms with van der Waals surface area (Å²) in [4.78, 5) is 11.2. The molecule has 0 aromatic heterocycles. The van der Waals surface area contributed by atoms with Crippen LogP contribution < -0.4 is 9.44 Å². The van der Waals surface area contributed by atoms with Crippen LogP contribution in [0.15, 0.2) is 35.2 Å². The highest BCUT2D eigenvalue weighted by atomic mass is 32.2. The van der Waals surface area contributed by atoms with Gasteiger partial charge >= 0.3 is 5.97 Å². The molecular formula is C15H24N2O6S2. The summed E-state index contributed by atoms with van der Waals surface area (Å²) in [6.07, 6.45) is 0.346. The Morgan fingerprint density at radius 1 is 1.08 bits per heavy atom. The maximum Gasteiger partial charge on any atom is 0.307 e. The molecule has 10 heteroatoms. The van der Waals surface area contributed by atoms with E-state index in [0.29, 0.717) is 6.42 Å². The summed E-state index contributed by atoms with van der Waals surface area (Å²) in [5, 5.41) is 9.10. The fourth-order valence-corrected chi connectivity index (χ4v) is 4.29. The van der Waals surface area contributed by atoms with Crippen molar-refractivity contribution in [2.75, 3.05) is 18.8 Å². The van der Waals surface area contributed by atoms with E-state index in [4.69, 9.17) is 5.11 Å². The minimum absolute atomic E-state index is 0.0447. The number of nitrogens with one attached hydrogen (secondary N) is 2. The number of aliphatic carboxylic acids is 1. The highest BCUT2D eigenvalue weighted by molar-refractivity contribution is 7.90. The maximum absolute atomic E-state index is 12.0. The van der Waals surface area contributed by atoms with Gasteiger partial charge in [0, 0.05) is 13.1 Å². The Balaban J connectivity index is 2.54. The van der Waals surface area contributed by atoms with Crippen LogP contribution in [0.5, 0.6) is 0 Å². The standard InChI is InChI=1S/C15H24N2O6S2/c1-12(2)10-13(15(18)19)11-17-24(20,21)9-8-16-25(22,23)14-6-4-3-5-7-14/h3-7,12-13,16-17H,8-11H2,1-2H3,(H,18,19). The van der Waals surface area contributed by atoms with E-state index >= 15 is 0 Å². The molecule has 0 saturated heterocycles. The number of rotatable bonds is 11. The molecular weight excluding hydrogens is 368 g/mol. The largest absolute Gasteiger partial charge is 0.481 e. The van der Waals surface area contributed by atoms with Gasteiger partial charge < -0.3 is 5.11 Å². The van der Waals surface area contributed by atoms with Crippen molar-refractivity contribution in [3.63, 3.8) is 0 Å². The lowest BCUT2D eigenvalue weighted by Crippen LogP contribution is -2.38. The second-order valence-corrected chi connectivity index (χ2v) is 9.74. The molecule has 25 heavy (non-hydrogen) atoms. The molecule has 3 N–H and O–H groups in total. The van der Waals surface area contributed by atoms with Gasteiger partial charge in [-0.1, -0.05) is 32.0 Å². The van der Waals surface area contributed by atoms with E-state index in [1.807, 2.05) is 13.8 Å². The van der Waals surface area contributed by atoms with Gasteiger partial charge in [0.05, 0.1) is 16.6 Å². The van der Waals surface area contributed by atoms with Crippen molar-refractivity contribution in [1.82, 2.24) is 9.44 Å². The van der Waals surface area contributed by atoms with E-state index in [0.717, 1.165) is 0 Å². The first-order valence-corrected chi connectivity index (χ1v) is 10.9. The highest BCUT2D eigenvalue weighted by Gasteiger charge is 2.22. The molecule has 1 rings (SSSR count). The average molecular weight is 392 g/mol. The molecule has 0 fully saturated rings. The lowest BCUT2D eigenvalue weighted by Gasteiger charge is -2.15. The van der Waals surface area contributed by atoms with Gasteiger partial charge in [0.2, 0.25) is 20.0 Å². The summed E-state index contributed by atoms with van der Waals surface area (Å²) in [6, 6.07) is 7.60.